The minimum Gasteiger partial charge on any atom is -0.357 e. The van der Waals surface area contributed by atoms with Crippen molar-refractivity contribution in [3.63, 3.8) is 0 Å². The fraction of sp³-hybridized carbons (Fsp3) is 0.385. The van der Waals surface area contributed by atoms with Crippen LogP contribution in [0.4, 0.5) is 0 Å². The molecule has 0 fully saturated rings. The molecule has 16 heavy (non-hydrogen) atoms. The topological polar surface area (TPSA) is 27.8 Å². The Kier molecular flexibility index (Phi) is 2.45. The first-order valence-electron chi connectivity index (χ1n) is 5.71. The lowest BCUT2D eigenvalue weighted by molar-refractivity contribution is 0.533. The second-order valence-corrected chi connectivity index (χ2v) is 5.23. The number of benzene rings is 1. The minimum absolute atomic E-state index is 0.453. The Labute approximate surface area is 99.8 Å². The second-order valence-electron chi connectivity index (χ2n) is 4.35. The molecule has 0 spiro atoms. The number of H-pyrrole nitrogens is 1. The number of aromatic nitrogens is 1. The van der Waals surface area contributed by atoms with Crippen molar-refractivity contribution >= 4 is 22.7 Å². The molecule has 84 valence electrons. The summed E-state index contributed by atoms with van der Waals surface area (Å²) < 4.78 is 0. The fourth-order valence-electron chi connectivity index (χ4n) is 2.53. The minimum atomic E-state index is 0.453. The number of fused-ring (bicyclic) bond motifs is 3. The molecule has 1 aromatic carbocycles. The maximum absolute atomic E-state index is 3.55. The third kappa shape index (κ3) is 1.46. The van der Waals surface area contributed by atoms with Crippen molar-refractivity contribution in [2.45, 2.75) is 24.3 Å². The summed E-state index contributed by atoms with van der Waals surface area (Å²) in [6, 6.07) is 7.15. The number of aromatic amines is 1. The Morgan fingerprint density at radius 1 is 1.38 bits per heavy atom. The van der Waals surface area contributed by atoms with Crippen molar-refractivity contribution in [3.8, 4) is 0 Å². The van der Waals surface area contributed by atoms with Gasteiger partial charge in [-0.3, -0.25) is 0 Å². The van der Waals surface area contributed by atoms with E-state index >= 15 is 0 Å². The van der Waals surface area contributed by atoms with Crippen LogP contribution in [0, 0.1) is 0 Å². The highest BCUT2D eigenvalue weighted by Crippen LogP contribution is 2.31. The lowest BCUT2D eigenvalue weighted by Gasteiger charge is -2.20. The van der Waals surface area contributed by atoms with Crippen LogP contribution in [-0.4, -0.2) is 17.8 Å². The van der Waals surface area contributed by atoms with Gasteiger partial charge < -0.3 is 10.3 Å². The zero-order valence-electron chi connectivity index (χ0n) is 9.63. The fourth-order valence-corrected chi connectivity index (χ4v) is 2.97. The molecule has 0 saturated carbocycles. The van der Waals surface area contributed by atoms with Crippen molar-refractivity contribution in [2.75, 3.05) is 12.8 Å². The van der Waals surface area contributed by atoms with Gasteiger partial charge in [0.25, 0.3) is 0 Å². The Hall–Kier alpha value is -0.930. The van der Waals surface area contributed by atoms with Crippen LogP contribution in [0.1, 0.15) is 24.2 Å². The Morgan fingerprint density at radius 2 is 2.25 bits per heavy atom. The number of hydrogen-bond donors (Lipinski definition) is 2. The van der Waals surface area contributed by atoms with E-state index in [0.717, 1.165) is 13.0 Å². The molecule has 1 atom stereocenters. The van der Waals surface area contributed by atoms with Crippen LogP contribution in [0.2, 0.25) is 0 Å². The van der Waals surface area contributed by atoms with Crippen LogP contribution in [0.5, 0.6) is 0 Å². The van der Waals surface area contributed by atoms with Crippen LogP contribution in [-0.2, 0) is 6.42 Å². The molecule has 0 amide bonds. The quantitative estimate of drug-likeness (QED) is 0.739. The van der Waals surface area contributed by atoms with Gasteiger partial charge in [-0.05, 0) is 49.9 Å². The van der Waals surface area contributed by atoms with E-state index in [9.17, 15) is 0 Å². The monoisotopic (exact) mass is 232 g/mol. The van der Waals surface area contributed by atoms with Crippen LogP contribution in [0.25, 0.3) is 10.9 Å². The molecule has 3 rings (SSSR count). The molecule has 2 N–H and O–H groups in total. The first-order chi connectivity index (χ1) is 7.79. The summed E-state index contributed by atoms with van der Waals surface area (Å²) in [6.45, 7) is 3.31. The number of nitrogens with one attached hydrogen (secondary N) is 2. The zero-order chi connectivity index (χ0) is 11.1. The average Bonchev–Trinajstić information content (AvgIpc) is 2.68. The SMILES string of the molecule is CSc1ccc2[nH]c3c(c2c1)CCN[C@H]3C. The summed E-state index contributed by atoms with van der Waals surface area (Å²) >= 11 is 1.81. The van der Waals surface area contributed by atoms with Crippen molar-refractivity contribution in [3.05, 3.63) is 29.5 Å². The maximum atomic E-state index is 3.55. The molecule has 2 nitrogen and oxygen atoms in total. The van der Waals surface area contributed by atoms with Crippen molar-refractivity contribution in [1.29, 1.82) is 0 Å². The molecule has 2 heterocycles. The van der Waals surface area contributed by atoms with E-state index in [2.05, 4.69) is 41.7 Å². The summed E-state index contributed by atoms with van der Waals surface area (Å²) in [5.41, 5.74) is 4.16. The van der Waals surface area contributed by atoms with Crippen molar-refractivity contribution < 1.29 is 0 Å². The molecular formula is C13H16N2S. The Morgan fingerprint density at radius 3 is 3.06 bits per heavy atom. The van der Waals surface area contributed by atoms with Gasteiger partial charge in [0.15, 0.2) is 0 Å². The van der Waals surface area contributed by atoms with Crippen molar-refractivity contribution in [1.82, 2.24) is 10.3 Å². The Balaban J connectivity index is 2.25. The highest BCUT2D eigenvalue weighted by atomic mass is 32.2. The highest BCUT2D eigenvalue weighted by molar-refractivity contribution is 7.98. The zero-order valence-corrected chi connectivity index (χ0v) is 10.4. The summed E-state index contributed by atoms with van der Waals surface area (Å²) in [4.78, 5) is 4.89. The summed E-state index contributed by atoms with van der Waals surface area (Å²) in [6.07, 6.45) is 3.27. The Bertz CT molecular complexity index is 530. The molecule has 1 aliphatic heterocycles. The number of rotatable bonds is 1. The van der Waals surface area contributed by atoms with Gasteiger partial charge in [0, 0.05) is 27.5 Å². The standard InChI is InChI=1S/C13H16N2S/c1-8-13-10(5-6-14-8)11-7-9(16-2)3-4-12(11)15-13/h3-4,7-8,14-15H,5-6H2,1-2H3/t8-/m0/s1. The molecule has 0 bridgehead atoms. The van der Waals surface area contributed by atoms with E-state index < -0.39 is 0 Å². The van der Waals surface area contributed by atoms with Crippen LogP contribution in [0.15, 0.2) is 23.1 Å². The van der Waals surface area contributed by atoms with Gasteiger partial charge in [-0.1, -0.05) is 0 Å². The molecule has 0 unspecified atom stereocenters. The molecule has 0 saturated heterocycles. The molecule has 1 aromatic heterocycles. The molecule has 2 aromatic rings. The molecule has 1 aliphatic rings. The summed E-state index contributed by atoms with van der Waals surface area (Å²) in [7, 11) is 0. The van der Waals surface area contributed by atoms with E-state index in [1.807, 2.05) is 11.8 Å². The molecule has 0 aliphatic carbocycles. The predicted molar refractivity (Wildman–Crippen MR) is 70.2 cm³/mol. The molecule has 3 heteroatoms. The lowest BCUT2D eigenvalue weighted by atomic mass is 10.0. The van der Waals surface area contributed by atoms with E-state index in [1.54, 1.807) is 0 Å². The molecule has 0 radical (unpaired) electrons. The smallest absolute Gasteiger partial charge is 0.0460 e. The first kappa shape index (κ1) is 10.2. The van der Waals surface area contributed by atoms with E-state index in [-0.39, 0.29) is 0 Å². The van der Waals surface area contributed by atoms with Gasteiger partial charge in [-0.25, -0.2) is 0 Å². The third-order valence-electron chi connectivity index (χ3n) is 3.40. The van der Waals surface area contributed by atoms with E-state index in [1.165, 1.54) is 27.1 Å². The van der Waals surface area contributed by atoms with Gasteiger partial charge in [0.2, 0.25) is 0 Å². The van der Waals surface area contributed by atoms with Gasteiger partial charge >= 0.3 is 0 Å². The summed E-state index contributed by atoms with van der Waals surface area (Å²) in [5.74, 6) is 0. The third-order valence-corrected chi connectivity index (χ3v) is 4.13. The van der Waals surface area contributed by atoms with Crippen LogP contribution in [0.3, 0.4) is 0 Å². The maximum Gasteiger partial charge on any atom is 0.0460 e. The van der Waals surface area contributed by atoms with Gasteiger partial charge in [-0.15, -0.1) is 11.8 Å². The second kappa shape index (κ2) is 3.82. The van der Waals surface area contributed by atoms with Crippen LogP contribution < -0.4 is 5.32 Å². The van der Waals surface area contributed by atoms with Gasteiger partial charge in [0.05, 0.1) is 0 Å². The molecular weight excluding hydrogens is 216 g/mol. The lowest BCUT2D eigenvalue weighted by Crippen LogP contribution is -2.27. The highest BCUT2D eigenvalue weighted by Gasteiger charge is 2.20. The van der Waals surface area contributed by atoms with E-state index in [4.69, 9.17) is 0 Å². The van der Waals surface area contributed by atoms with Gasteiger partial charge in [0.1, 0.15) is 0 Å². The van der Waals surface area contributed by atoms with Crippen LogP contribution >= 0.6 is 11.8 Å². The van der Waals surface area contributed by atoms with Crippen molar-refractivity contribution in [2.24, 2.45) is 0 Å². The predicted octanol–water partition coefficient (Wildman–Crippen LogP) is 3.10. The van der Waals surface area contributed by atoms with Gasteiger partial charge in [-0.2, -0.15) is 0 Å². The normalized spacial score (nSPS) is 20.0. The van der Waals surface area contributed by atoms with E-state index in [0.29, 0.717) is 6.04 Å². The largest absolute Gasteiger partial charge is 0.357 e. The first-order valence-corrected chi connectivity index (χ1v) is 6.94. The number of thioether (sulfide) groups is 1. The summed E-state index contributed by atoms with van der Waals surface area (Å²) in [5, 5.41) is 4.90. The average molecular weight is 232 g/mol. The number of hydrogen-bond acceptors (Lipinski definition) is 2.